The third-order valence-corrected chi connectivity index (χ3v) is 3.38. The molecular weight excluding hydrogens is 172 g/mol. The Morgan fingerprint density at radius 2 is 1.79 bits per heavy atom. The molecule has 1 aromatic carbocycles. The van der Waals surface area contributed by atoms with Crippen molar-refractivity contribution in [2.24, 2.45) is 0 Å². The fourth-order valence-corrected chi connectivity index (χ4v) is 2.65. The van der Waals surface area contributed by atoms with Crippen LogP contribution in [-0.2, 0) is 0 Å². The number of hydrogen-bond acceptors (Lipinski definition) is 2. The van der Waals surface area contributed by atoms with Crippen LogP contribution in [0, 0.1) is 6.92 Å². The molecule has 0 atom stereocenters. The average molecular weight is 188 g/mol. The van der Waals surface area contributed by atoms with Gasteiger partial charge in [-0.05, 0) is 50.3 Å². The molecule has 0 amide bonds. The first-order chi connectivity index (χ1) is 6.77. The highest BCUT2D eigenvalue weighted by atomic mass is 15.3. The van der Waals surface area contributed by atoms with Gasteiger partial charge in [-0.2, -0.15) is 0 Å². The molecule has 1 aliphatic heterocycles. The lowest BCUT2D eigenvalue weighted by Gasteiger charge is -2.24. The lowest BCUT2D eigenvalue weighted by atomic mass is 10.1. The van der Waals surface area contributed by atoms with E-state index < -0.39 is 0 Å². The molecule has 2 N–H and O–H groups in total. The van der Waals surface area contributed by atoms with Crippen LogP contribution in [-0.4, -0.2) is 5.66 Å². The molecule has 2 nitrogen and oxygen atoms in total. The normalized spacial score (nSPS) is 21.8. The van der Waals surface area contributed by atoms with Crippen molar-refractivity contribution in [1.29, 1.82) is 0 Å². The van der Waals surface area contributed by atoms with E-state index >= 15 is 0 Å². The van der Waals surface area contributed by atoms with Gasteiger partial charge in [0, 0.05) is 0 Å². The topological polar surface area (TPSA) is 24.1 Å². The minimum atomic E-state index is 0.191. The smallest absolute Gasteiger partial charge is 0.108 e. The van der Waals surface area contributed by atoms with Gasteiger partial charge in [0.25, 0.3) is 0 Å². The average Bonchev–Trinajstić information content (AvgIpc) is 2.72. The van der Waals surface area contributed by atoms with Crippen molar-refractivity contribution in [2.45, 2.75) is 38.3 Å². The first-order valence-electron chi connectivity index (χ1n) is 5.45. The van der Waals surface area contributed by atoms with Gasteiger partial charge in [0.1, 0.15) is 5.66 Å². The molecule has 2 heteroatoms. The van der Waals surface area contributed by atoms with Crippen molar-refractivity contribution in [3.05, 3.63) is 23.8 Å². The molecule has 1 fully saturated rings. The molecule has 2 aliphatic rings. The minimum absolute atomic E-state index is 0.191. The third-order valence-electron chi connectivity index (χ3n) is 3.38. The monoisotopic (exact) mass is 188 g/mol. The molecule has 1 spiro atoms. The maximum Gasteiger partial charge on any atom is 0.108 e. The number of anilines is 2. The summed E-state index contributed by atoms with van der Waals surface area (Å²) in [6.45, 7) is 2.14. The quantitative estimate of drug-likeness (QED) is 0.653. The fraction of sp³-hybridized carbons (Fsp3) is 0.500. The zero-order chi connectivity index (χ0) is 9.60. The highest BCUT2D eigenvalue weighted by Crippen LogP contribution is 2.42. The Balaban J connectivity index is 1.96. The predicted molar refractivity (Wildman–Crippen MR) is 59.6 cm³/mol. The van der Waals surface area contributed by atoms with Crippen LogP contribution in [0.15, 0.2) is 18.2 Å². The van der Waals surface area contributed by atoms with Crippen LogP contribution in [0.4, 0.5) is 11.4 Å². The van der Waals surface area contributed by atoms with Gasteiger partial charge < -0.3 is 10.6 Å². The van der Waals surface area contributed by atoms with Gasteiger partial charge in [-0.1, -0.05) is 6.07 Å². The van der Waals surface area contributed by atoms with Gasteiger partial charge >= 0.3 is 0 Å². The molecule has 1 heterocycles. The van der Waals surface area contributed by atoms with Crippen LogP contribution in [0.5, 0.6) is 0 Å². The summed E-state index contributed by atoms with van der Waals surface area (Å²) in [5, 5.41) is 7.27. The summed E-state index contributed by atoms with van der Waals surface area (Å²) in [6, 6.07) is 6.58. The molecule has 1 aromatic rings. The number of nitrogens with one attached hydrogen (secondary N) is 2. The van der Waals surface area contributed by atoms with E-state index in [0.29, 0.717) is 0 Å². The first-order valence-corrected chi connectivity index (χ1v) is 5.45. The maximum absolute atomic E-state index is 3.64. The van der Waals surface area contributed by atoms with Crippen LogP contribution in [0.25, 0.3) is 0 Å². The van der Waals surface area contributed by atoms with E-state index in [2.05, 4.69) is 35.8 Å². The van der Waals surface area contributed by atoms with Crippen LogP contribution < -0.4 is 10.6 Å². The zero-order valence-corrected chi connectivity index (χ0v) is 8.56. The van der Waals surface area contributed by atoms with Gasteiger partial charge in [-0.25, -0.2) is 0 Å². The van der Waals surface area contributed by atoms with Crippen molar-refractivity contribution in [2.75, 3.05) is 10.6 Å². The predicted octanol–water partition coefficient (Wildman–Crippen LogP) is 3.10. The third kappa shape index (κ3) is 1.10. The summed E-state index contributed by atoms with van der Waals surface area (Å²) in [5.41, 5.74) is 4.08. The first kappa shape index (κ1) is 8.16. The van der Waals surface area contributed by atoms with Crippen molar-refractivity contribution in [3.8, 4) is 0 Å². The van der Waals surface area contributed by atoms with Gasteiger partial charge in [0.2, 0.25) is 0 Å². The molecule has 1 aliphatic carbocycles. The summed E-state index contributed by atoms with van der Waals surface area (Å²) >= 11 is 0. The number of benzene rings is 1. The van der Waals surface area contributed by atoms with Gasteiger partial charge in [0.15, 0.2) is 0 Å². The molecule has 0 saturated heterocycles. The zero-order valence-electron chi connectivity index (χ0n) is 8.56. The maximum atomic E-state index is 3.64. The number of aryl methyl sites for hydroxylation is 1. The molecule has 0 aromatic heterocycles. The Kier molecular flexibility index (Phi) is 1.55. The Morgan fingerprint density at radius 1 is 1.07 bits per heavy atom. The van der Waals surface area contributed by atoms with E-state index in [4.69, 9.17) is 0 Å². The molecule has 0 radical (unpaired) electrons. The summed E-state index contributed by atoms with van der Waals surface area (Å²) < 4.78 is 0. The Morgan fingerprint density at radius 3 is 2.57 bits per heavy atom. The Bertz CT molecular complexity index is 365. The van der Waals surface area contributed by atoms with Crippen LogP contribution in [0.1, 0.15) is 31.2 Å². The van der Waals surface area contributed by atoms with E-state index in [0.717, 1.165) is 0 Å². The Labute approximate surface area is 84.7 Å². The molecule has 74 valence electrons. The second-order valence-electron chi connectivity index (χ2n) is 4.59. The fourth-order valence-electron chi connectivity index (χ4n) is 2.65. The lowest BCUT2D eigenvalue weighted by molar-refractivity contribution is 0.566. The van der Waals surface area contributed by atoms with Gasteiger partial charge in [-0.3, -0.25) is 0 Å². The number of hydrogen-bond donors (Lipinski definition) is 2. The molecule has 0 bridgehead atoms. The Hall–Kier alpha value is -1.18. The lowest BCUT2D eigenvalue weighted by Crippen LogP contribution is -2.38. The van der Waals surface area contributed by atoms with Crippen molar-refractivity contribution in [1.82, 2.24) is 0 Å². The molecule has 0 unspecified atom stereocenters. The number of fused-ring (bicyclic) bond motifs is 1. The van der Waals surface area contributed by atoms with Crippen molar-refractivity contribution in [3.63, 3.8) is 0 Å². The van der Waals surface area contributed by atoms with Crippen LogP contribution in [0.2, 0.25) is 0 Å². The standard InChI is InChI=1S/C12H16N2/c1-9-4-5-10-11(8-9)14-12(13-10)6-2-3-7-12/h4-5,8,13-14H,2-3,6-7H2,1H3. The van der Waals surface area contributed by atoms with Crippen LogP contribution >= 0.6 is 0 Å². The second kappa shape index (κ2) is 2.66. The molecule has 14 heavy (non-hydrogen) atoms. The summed E-state index contributed by atoms with van der Waals surface area (Å²) in [4.78, 5) is 0. The van der Waals surface area contributed by atoms with E-state index in [-0.39, 0.29) is 5.66 Å². The van der Waals surface area contributed by atoms with Crippen LogP contribution in [0.3, 0.4) is 0 Å². The van der Waals surface area contributed by atoms with Crippen molar-refractivity contribution >= 4 is 11.4 Å². The van der Waals surface area contributed by atoms with E-state index in [1.54, 1.807) is 0 Å². The summed E-state index contributed by atoms with van der Waals surface area (Å²) in [6.07, 6.45) is 5.18. The van der Waals surface area contributed by atoms with E-state index in [1.807, 2.05) is 0 Å². The molecule has 3 rings (SSSR count). The summed E-state index contributed by atoms with van der Waals surface area (Å²) in [5.74, 6) is 0. The van der Waals surface area contributed by atoms with Crippen molar-refractivity contribution < 1.29 is 0 Å². The highest BCUT2D eigenvalue weighted by molar-refractivity contribution is 5.76. The van der Waals surface area contributed by atoms with E-state index in [9.17, 15) is 0 Å². The van der Waals surface area contributed by atoms with E-state index in [1.165, 1.54) is 42.6 Å². The molecule has 1 saturated carbocycles. The van der Waals surface area contributed by atoms with Gasteiger partial charge in [0.05, 0.1) is 11.4 Å². The summed E-state index contributed by atoms with van der Waals surface area (Å²) in [7, 11) is 0. The largest absolute Gasteiger partial charge is 0.361 e. The second-order valence-corrected chi connectivity index (χ2v) is 4.59. The number of rotatable bonds is 0. The minimum Gasteiger partial charge on any atom is -0.361 e. The highest BCUT2D eigenvalue weighted by Gasteiger charge is 2.38. The van der Waals surface area contributed by atoms with Gasteiger partial charge in [-0.15, -0.1) is 0 Å². The molecular formula is C12H16N2. The SMILES string of the molecule is Cc1ccc2c(c1)NC1(CCCC1)N2.